The Hall–Kier alpha value is -2.58. The zero-order valence-electron chi connectivity index (χ0n) is 17.7. The molecule has 0 radical (unpaired) electrons. The molecule has 29 heavy (non-hydrogen) atoms. The van der Waals surface area contributed by atoms with E-state index in [1.165, 1.54) is 0 Å². The van der Waals surface area contributed by atoms with Crippen molar-refractivity contribution in [2.75, 3.05) is 44.6 Å². The lowest BCUT2D eigenvalue weighted by atomic mass is 10.2. The van der Waals surface area contributed by atoms with Crippen LogP contribution in [0.25, 0.3) is 0 Å². The van der Waals surface area contributed by atoms with E-state index in [0.717, 1.165) is 42.4 Å². The van der Waals surface area contributed by atoms with Crippen molar-refractivity contribution in [1.82, 2.24) is 24.8 Å². The number of ether oxygens (including phenoxy) is 1. The molecular weight excluding hydrogens is 368 g/mol. The van der Waals surface area contributed by atoms with Gasteiger partial charge in [-0.05, 0) is 45.9 Å². The highest BCUT2D eigenvalue weighted by molar-refractivity contribution is 5.78. The largest absolute Gasteiger partial charge is 0.369 e. The molecule has 1 aliphatic heterocycles. The van der Waals surface area contributed by atoms with Gasteiger partial charge < -0.3 is 15.0 Å². The van der Waals surface area contributed by atoms with Crippen molar-refractivity contribution in [2.45, 2.75) is 33.8 Å². The van der Waals surface area contributed by atoms with Crippen molar-refractivity contribution in [1.29, 1.82) is 0 Å². The number of hydrogen-bond donors (Lipinski definition) is 1. The molecule has 1 N–H and O–H groups in total. The topological polar surface area (TPSA) is 83.5 Å². The molecule has 1 fully saturated rings. The van der Waals surface area contributed by atoms with Crippen molar-refractivity contribution in [2.24, 2.45) is 0 Å². The first-order chi connectivity index (χ1) is 14.0. The maximum Gasteiger partial charge on any atom is 0.236 e. The lowest BCUT2D eigenvalue weighted by Crippen LogP contribution is -2.45. The highest BCUT2D eigenvalue weighted by Gasteiger charge is 2.25. The quantitative estimate of drug-likeness (QED) is 0.767. The molecule has 1 unspecified atom stereocenters. The van der Waals surface area contributed by atoms with Gasteiger partial charge in [0.05, 0.1) is 30.7 Å². The Balaban J connectivity index is 1.61. The van der Waals surface area contributed by atoms with Gasteiger partial charge >= 0.3 is 0 Å². The van der Waals surface area contributed by atoms with Crippen LogP contribution in [0.4, 0.5) is 11.6 Å². The smallest absolute Gasteiger partial charge is 0.236 e. The number of likely N-dealkylation sites (N-methyl/N-ethyl adjacent to an activating group) is 1. The average molecular weight is 399 g/mol. The number of carbonyl (C=O) groups is 1. The van der Waals surface area contributed by atoms with Gasteiger partial charge in [0, 0.05) is 37.6 Å². The summed E-state index contributed by atoms with van der Waals surface area (Å²) >= 11 is 0. The van der Waals surface area contributed by atoms with Gasteiger partial charge in [0.15, 0.2) is 0 Å². The Labute approximate surface area is 172 Å². The highest BCUT2D eigenvalue weighted by Crippen LogP contribution is 2.22. The van der Waals surface area contributed by atoms with E-state index in [9.17, 15) is 4.79 Å². The zero-order chi connectivity index (χ0) is 20.8. The van der Waals surface area contributed by atoms with Gasteiger partial charge in [0.2, 0.25) is 11.9 Å². The molecule has 0 aromatic carbocycles. The van der Waals surface area contributed by atoms with E-state index in [0.29, 0.717) is 25.6 Å². The number of morpholine rings is 1. The Morgan fingerprint density at radius 2 is 1.97 bits per heavy atom. The second kappa shape index (κ2) is 9.76. The third-order valence-electron chi connectivity index (χ3n) is 4.98. The normalized spacial score (nSPS) is 17.2. The summed E-state index contributed by atoms with van der Waals surface area (Å²) in [6.07, 6.45) is 1.62. The second-order valence-electron chi connectivity index (χ2n) is 7.23. The van der Waals surface area contributed by atoms with Gasteiger partial charge in [0.25, 0.3) is 0 Å². The summed E-state index contributed by atoms with van der Waals surface area (Å²) in [5.74, 6) is 0.726. The lowest BCUT2D eigenvalue weighted by Gasteiger charge is -2.33. The lowest BCUT2D eigenvalue weighted by molar-refractivity contribution is -0.134. The minimum Gasteiger partial charge on any atom is -0.369 e. The van der Waals surface area contributed by atoms with E-state index in [4.69, 9.17) is 4.74 Å². The maximum absolute atomic E-state index is 12.4. The first-order valence-corrected chi connectivity index (χ1v) is 10.2. The molecule has 1 atom stereocenters. The second-order valence-corrected chi connectivity index (χ2v) is 7.23. The Morgan fingerprint density at radius 3 is 2.59 bits per heavy atom. The van der Waals surface area contributed by atoms with E-state index in [1.807, 2.05) is 50.8 Å². The molecule has 1 saturated heterocycles. The van der Waals surface area contributed by atoms with E-state index in [-0.39, 0.29) is 12.0 Å². The monoisotopic (exact) mass is 398 g/mol. The third kappa shape index (κ3) is 5.71. The van der Waals surface area contributed by atoms with Crippen LogP contribution in [-0.2, 0) is 9.53 Å². The molecule has 3 rings (SSSR count). The molecule has 0 saturated carbocycles. The summed E-state index contributed by atoms with van der Waals surface area (Å²) in [7, 11) is 0. The number of aromatic nitrogens is 3. The number of carbonyl (C=O) groups excluding carboxylic acids is 1. The number of hydrogen-bond acceptors (Lipinski definition) is 7. The van der Waals surface area contributed by atoms with Gasteiger partial charge in [-0.2, -0.15) is 0 Å². The number of aryl methyl sites for hydroxylation is 2. The molecule has 0 spiro atoms. The van der Waals surface area contributed by atoms with Crippen molar-refractivity contribution in [3.8, 4) is 0 Å². The Kier molecular flexibility index (Phi) is 7.11. The predicted octanol–water partition coefficient (Wildman–Crippen LogP) is 2.47. The maximum atomic E-state index is 12.4. The molecule has 0 aliphatic carbocycles. The molecule has 0 bridgehead atoms. The van der Waals surface area contributed by atoms with Crippen LogP contribution in [0.1, 0.15) is 37.0 Å². The molecule has 1 amide bonds. The SMILES string of the molecule is CCN(CC)C(=O)CN1CCOC(c2ccc(Nc3nc(C)cc(C)n3)cn2)C1. The fourth-order valence-electron chi connectivity index (χ4n) is 3.47. The van der Waals surface area contributed by atoms with Crippen molar-refractivity contribution in [3.63, 3.8) is 0 Å². The predicted molar refractivity (Wildman–Crippen MR) is 112 cm³/mol. The first-order valence-electron chi connectivity index (χ1n) is 10.2. The Morgan fingerprint density at radius 1 is 1.24 bits per heavy atom. The molecule has 2 aromatic rings. The number of nitrogens with zero attached hydrogens (tertiary/aromatic N) is 5. The van der Waals surface area contributed by atoms with E-state index >= 15 is 0 Å². The summed E-state index contributed by atoms with van der Waals surface area (Å²) < 4.78 is 5.90. The minimum absolute atomic E-state index is 0.139. The van der Waals surface area contributed by atoms with Crippen LogP contribution >= 0.6 is 0 Å². The van der Waals surface area contributed by atoms with Crippen LogP contribution in [-0.4, -0.2) is 70.0 Å². The van der Waals surface area contributed by atoms with Crippen LogP contribution in [0.3, 0.4) is 0 Å². The molecule has 8 nitrogen and oxygen atoms in total. The van der Waals surface area contributed by atoms with E-state index < -0.39 is 0 Å². The van der Waals surface area contributed by atoms with Gasteiger partial charge in [-0.3, -0.25) is 14.7 Å². The van der Waals surface area contributed by atoms with Gasteiger partial charge in [-0.15, -0.1) is 0 Å². The van der Waals surface area contributed by atoms with Gasteiger partial charge in [-0.25, -0.2) is 9.97 Å². The summed E-state index contributed by atoms with van der Waals surface area (Å²) in [5, 5.41) is 3.19. The van der Waals surface area contributed by atoms with Crippen LogP contribution in [0.2, 0.25) is 0 Å². The number of rotatable bonds is 7. The third-order valence-corrected chi connectivity index (χ3v) is 4.98. The van der Waals surface area contributed by atoms with Crippen molar-refractivity contribution < 1.29 is 9.53 Å². The molecule has 3 heterocycles. The summed E-state index contributed by atoms with van der Waals surface area (Å²) in [6, 6.07) is 5.84. The van der Waals surface area contributed by atoms with Gasteiger partial charge in [0.1, 0.15) is 6.10 Å². The standard InChI is InChI=1S/C21H30N6O2/c1-5-27(6-2)20(28)14-26-9-10-29-19(13-26)18-8-7-17(12-22-18)25-21-23-15(3)11-16(4)24-21/h7-8,11-12,19H,5-6,9-10,13-14H2,1-4H3,(H,23,24,25). The summed E-state index contributed by atoms with van der Waals surface area (Å²) in [6.45, 7) is 11.8. The first kappa shape index (κ1) is 21.1. The number of nitrogens with one attached hydrogen (secondary N) is 1. The highest BCUT2D eigenvalue weighted by atomic mass is 16.5. The number of anilines is 2. The van der Waals surface area contributed by atoms with Crippen LogP contribution in [0, 0.1) is 13.8 Å². The Bertz CT molecular complexity index is 802. The number of pyridine rings is 1. The number of amides is 1. The van der Waals surface area contributed by atoms with E-state index in [1.54, 1.807) is 6.20 Å². The zero-order valence-corrected chi connectivity index (χ0v) is 17.7. The van der Waals surface area contributed by atoms with Crippen LogP contribution in [0.15, 0.2) is 24.4 Å². The van der Waals surface area contributed by atoms with Crippen molar-refractivity contribution >= 4 is 17.5 Å². The fourth-order valence-corrected chi connectivity index (χ4v) is 3.47. The molecule has 2 aromatic heterocycles. The average Bonchev–Trinajstić information content (AvgIpc) is 2.69. The van der Waals surface area contributed by atoms with Crippen molar-refractivity contribution in [3.05, 3.63) is 41.5 Å². The van der Waals surface area contributed by atoms with Gasteiger partial charge in [-0.1, -0.05) is 0 Å². The molecule has 8 heteroatoms. The summed E-state index contributed by atoms with van der Waals surface area (Å²) in [4.78, 5) is 29.7. The minimum atomic E-state index is -0.139. The van der Waals surface area contributed by atoms with Crippen LogP contribution in [0.5, 0.6) is 0 Å². The summed E-state index contributed by atoms with van der Waals surface area (Å²) in [5.41, 5.74) is 3.51. The molecule has 1 aliphatic rings. The fraction of sp³-hybridized carbons (Fsp3) is 0.524. The molecular formula is C21H30N6O2. The van der Waals surface area contributed by atoms with Crippen LogP contribution < -0.4 is 5.32 Å². The molecule has 156 valence electrons. The van der Waals surface area contributed by atoms with E-state index in [2.05, 4.69) is 25.2 Å².